The number of benzene rings is 1. The Hall–Kier alpha value is -1.31. The van der Waals surface area contributed by atoms with Gasteiger partial charge in [0.05, 0.1) is 6.42 Å². The van der Waals surface area contributed by atoms with Crippen LogP contribution in [-0.2, 0) is 11.2 Å². The Morgan fingerprint density at radius 1 is 1.16 bits per heavy atom. The molecule has 0 saturated heterocycles. The van der Waals surface area contributed by atoms with Crippen LogP contribution in [0.4, 0.5) is 0 Å². The summed E-state index contributed by atoms with van der Waals surface area (Å²) in [4.78, 5) is 14.4. The van der Waals surface area contributed by atoms with E-state index in [1.165, 1.54) is 0 Å². The third-order valence-electron chi connectivity index (χ3n) is 3.31. The smallest absolute Gasteiger partial charge is 0.226 e. The van der Waals surface area contributed by atoms with Gasteiger partial charge in [-0.3, -0.25) is 4.79 Å². The minimum atomic E-state index is 0.264. The summed E-state index contributed by atoms with van der Waals surface area (Å²) < 4.78 is 0. The van der Waals surface area contributed by atoms with E-state index in [0.29, 0.717) is 12.3 Å². The van der Waals surface area contributed by atoms with Gasteiger partial charge in [0.2, 0.25) is 5.91 Å². The maximum atomic E-state index is 12.4. The van der Waals surface area contributed by atoms with Gasteiger partial charge in [-0.15, -0.1) is 0 Å². The van der Waals surface area contributed by atoms with Crippen molar-refractivity contribution in [3.63, 3.8) is 0 Å². The van der Waals surface area contributed by atoms with Crippen LogP contribution in [0.1, 0.15) is 45.6 Å². The second kappa shape index (κ2) is 8.73. The predicted molar refractivity (Wildman–Crippen MR) is 81.1 cm³/mol. The molecule has 2 nitrogen and oxygen atoms in total. The highest BCUT2D eigenvalue weighted by molar-refractivity contribution is 5.78. The maximum Gasteiger partial charge on any atom is 0.226 e. The second-order valence-corrected chi connectivity index (χ2v) is 5.58. The Bertz CT molecular complexity index is 359. The predicted octanol–water partition coefficient (Wildman–Crippen LogP) is 3.90. The van der Waals surface area contributed by atoms with Gasteiger partial charge in [-0.1, -0.05) is 57.5 Å². The summed E-state index contributed by atoms with van der Waals surface area (Å²) in [6.07, 6.45) is 3.85. The normalized spacial score (nSPS) is 10.7. The number of carbonyl (C=O) groups excluding carboxylic acids is 1. The van der Waals surface area contributed by atoms with Crippen LogP contribution in [0.3, 0.4) is 0 Å². The van der Waals surface area contributed by atoms with Gasteiger partial charge in [0.1, 0.15) is 0 Å². The van der Waals surface area contributed by atoms with E-state index in [0.717, 1.165) is 37.9 Å². The second-order valence-electron chi connectivity index (χ2n) is 5.58. The van der Waals surface area contributed by atoms with E-state index in [2.05, 4.69) is 20.8 Å². The van der Waals surface area contributed by atoms with Crippen molar-refractivity contribution >= 4 is 5.91 Å². The van der Waals surface area contributed by atoms with E-state index in [9.17, 15) is 4.79 Å². The molecule has 0 atom stereocenters. The fourth-order valence-corrected chi connectivity index (χ4v) is 2.01. The average molecular weight is 261 g/mol. The summed E-state index contributed by atoms with van der Waals surface area (Å²) in [5.41, 5.74) is 1.11. The fraction of sp³-hybridized carbons (Fsp3) is 0.588. The fourth-order valence-electron chi connectivity index (χ4n) is 2.01. The SMILES string of the molecule is CCCCN(CCC(C)C)C(=O)Cc1ccccc1. The van der Waals surface area contributed by atoms with Crippen LogP contribution >= 0.6 is 0 Å². The lowest BCUT2D eigenvalue weighted by molar-refractivity contribution is -0.130. The van der Waals surface area contributed by atoms with Crippen LogP contribution in [0, 0.1) is 5.92 Å². The van der Waals surface area contributed by atoms with Crippen molar-refractivity contribution in [2.45, 2.75) is 46.5 Å². The molecule has 1 aromatic carbocycles. The van der Waals surface area contributed by atoms with Gasteiger partial charge in [0.25, 0.3) is 0 Å². The highest BCUT2D eigenvalue weighted by Gasteiger charge is 2.13. The van der Waals surface area contributed by atoms with E-state index in [1.54, 1.807) is 0 Å². The summed E-state index contributed by atoms with van der Waals surface area (Å²) in [6.45, 7) is 8.37. The lowest BCUT2D eigenvalue weighted by atomic mass is 10.1. The molecule has 0 aliphatic heterocycles. The summed E-state index contributed by atoms with van der Waals surface area (Å²) in [7, 11) is 0. The molecule has 1 aromatic rings. The molecule has 0 fully saturated rings. The van der Waals surface area contributed by atoms with Crippen molar-refractivity contribution < 1.29 is 4.79 Å². The summed E-state index contributed by atoms with van der Waals surface area (Å²) in [5, 5.41) is 0. The molecule has 2 heteroatoms. The van der Waals surface area contributed by atoms with Crippen LogP contribution in [0.2, 0.25) is 0 Å². The number of amides is 1. The first-order valence-corrected chi connectivity index (χ1v) is 7.45. The quantitative estimate of drug-likeness (QED) is 0.695. The Morgan fingerprint density at radius 2 is 1.84 bits per heavy atom. The maximum absolute atomic E-state index is 12.4. The Morgan fingerprint density at radius 3 is 2.42 bits per heavy atom. The van der Waals surface area contributed by atoms with Crippen molar-refractivity contribution in [3.8, 4) is 0 Å². The number of rotatable bonds is 8. The molecule has 0 aliphatic carbocycles. The Labute approximate surface area is 117 Å². The topological polar surface area (TPSA) is 20.3 Å². The lowest BCUT2D eigenvalue weighted by Gasteiger charge is -2.23. The molecule has 0 bridgehead atoms. The third kappa shape index (κ3) is 6.42. The first-order valence-electron chi connectivity index (χ1n) is 7.45. The molecular weight excluding hydrogens is 234 g/mol. The van der Waals surface area contributed by atoms with Crippen molar-refractivity contribution in [2.24, 2.45) is 5.92 Å². The van der Waals surface area contributed by atoms with Gasteiger partial charge in [-0.2, -0.15) is 0 Å². The molecule has 19 heavy (non-hydrogen) atoms. The molecular formula is C17H27NO. The molecule has 0 N–H and O–H groups in total. The highest BCUT2D eigenvalue weighted by atomic mass is 16.2. The van der Waals surface area contributed by atoms with Crippen molar-refractivity contribution in [2.75, 3.05) is 13.1 Å². The molecule has 106 valence electrons. The first kappa shape index (κ1) is 15.7. The van der Waals surface area contributed by atoms with Gasteiger partial charge in [0, 0.05) is 13.1 Å². The molecule has 0 saturated carbocycles. The van der Waals surface area contributed by atoms with Gasteiger partial charge in [-0.05, 0) is 24.3 Å². The van der Waals surface area contributed by atoms with E-state index in [1.807, 2.05) is 35.2 Å². The summed E-state index contributed by atoms with van der Waals surface area (Å²) >= 11 is 0. The zero-order valence-corrected chi connectivity index (χ0v) is 12.6. The molecule has 1 amide bonds. The van der Waals surface area contributed by atoms with Gasteiger partial charge in [0.15, 0.2) is 0 Å². The van der Waals surface area contributed by atoms with Crippen LogP contribution in [-0.4, -0.2) is 23.9 Å². The standard InChI is InChI=1S/C17H27NO/c1-4-5-12-18(13-11-15(2)3)17(19)14-16-9-7-6-8-10-16/h6-10,15H,4-5,11-14H2,1-3H3. The van der Waals surface area contributed by atoms with Crippen LogP contribution < -0.4 is 0 Å². The number of nitrogens with zero attached hydrogens (tertiary/aromatic N) is 1. The molecule has 0 aromatic heterocycles. The minimum Gasteiger partial charge on any atom is -0.342 e. The Kier molecular flexibility index (Phi) is 7.24. The monoisotopic (exact) mass is 261 g/mol. The van der Waals surface area contributed by atoms with E-state index in [-0.39, 0.29) is 5.91 Å². The van der Waals surface area contributed by atoms with Crippen molar-refractivity contribution in [3.05, 3.63) is 35.9 Å². The van der Waals surface area contributed by atoms with E-state index in [4.69, 9.17) is 0 Å². The largest absolute Gasteiger partial charge is 0.342 e. The molecule has 0 heterocycles. The van der Waals surface area contributed by atoms with Crippen molar-refractivity contribution in [1.29, 1.82) is 0 Å². The van der Waals surface area contributed by atoms with Gasteiger partial charge >= 0.3 is 0 Å². The average Bonchev–Trinajstić information content (AvgIpc) is 2.39. The molecule has 0 aliphatic rings. The van der Waals surface area contributed by atoms with E-state index >= 15 is 0 Å². The molecule has 1 rings (SSSR count). The molecule has 0 spiro atoms. The van der Waals surface area contributed by atoms with Crippen LogP contribution in [0.25, 0.3) is 0 Å². The van der Waals surface area contributed by atoms with Crippen LogP contribution in [0.15, 0.2) is 30.3 Å². The third-order valence-corrected chi connectivity index (χ3v) is 3.31. The van der Waals surface area contributed by atoms with Gasteiger partial charge in [-0.25, -0.2) is 0 Å². The summed E-state index contributed by atoms with van der Waals surface area (Å²) in [5.74, 6) is 0.911. The number of hydrogen-bond donors (Lipinski definition) is 0. The van der Waals surface area contributed by atoms with E-state index < -0.39 is 0 Å². The number of unbranched alkanes of at least 4 members (excludes halogenated alkanes) is 1. The lowest BCUT2D eigenvalue weighted by Crippen LogP contribution is -2.34. The van der Waals surface area contributed by atoms with Gasteiger partial charge < -0.3 is 4.90 Å². The zero-order valence-electron chi connectivity index (χ0n) is 12.6. The zero-order chi connectivity index (χ0) is 14.1. The first-order chi connectivity index (χ1) is 9.13. The molecule has 0 radical (unpaired) electrons. The number of hydrogen-bond acceptors (Lipinski definition) is 1. The highest BCUT2D eigenvalue weighted by Crippen LogP contribution is 2.08. The summed E-state index contributed by atoms with van der Waals surface area (Å²) in [6, 6.07) is 10.0. The number of carbonyl (C=O) groups is 1. The van der Waals surface area contributed by atoms with Crippen LogP contribution in [0.5, 0.6) is 0 Å². The molecule has 0 unspecified atom stereocenters. The minimum absolute atomic E-state index is 0.264. The Balaban J connectivity index is 2.54. The van der Waals surface area contributed by atoms with Crippen molar-refractivity contribution in [1.82, 2.24) is 4.90 Å².